The van der Waals surface area contributed by atoms with Crippen LogP contribution in [-0.2, 0) is 15.0 Å². The fraction of sp³-hybridized carbons (Fsp3) is 0.312. The minimum absolute atomic E-state index is 0.0677. The second kappa shape index (κ2) is 10.4. The molecule has 3 aromatic rings. The number of anilines is 2. The number of aliphatic hydroxyl groups is 1. The summed E-state index contributed by atoms with van der Waals surface area (Å²) in [5, 5.41) is 11.6. The van der Waals surface area contributed by atoms with Gasteiger partial charge in [-0.1, -0.05) is 45.0 Å². The van der Waals surface area contributed by atoms with E-state index in [1.165, 1.54) is 4.90 Å². The first kappa shape index (κ1) is 27.0. The van der Waals surface area contributed by atoms with Gasteiger partial charge in [0.2, 0.25) is 0 Å². The van der Waals surface area contributed by atoms with E-state index >= 15 is 0 Å². The molecule has 1 fully saturated rings. The maximum Gasteiger partial charge on any atom is 0.300 e. The van der Waals surface area contributed by atoms with Gasteiger partial charge in [0, 0.05) is 36.6 Å². The predicted molar refractivity (Wildman–Crippen MR) is 153 cm³/mol. The largest absolute Gasteiger partial charge is 0.507 e. The van der Waals surface area contributed by atoms with Crippen LogP contribution in [0.4, 0.5) is 11.4 Å². The molecular formula is C32H36N2O4. The van der Waals surface area contributed by atoms with Gasteiger partial charge in [0.1, 0.15) is 11.5 Å². The Morgan fingerprint density at radius 1 is 1.00 bits per heavy atom. The van der Waals surface area contributed by atoms with Gasteiger partial charge in [-0.25, -0.2) is 0 Å². The molecule has 6 heteroatoms. The number of hydrogen-bond donors (Lipinski definition) is 1. The maximum atomic E-state index is 13.6. The van der Waals surface area contributed by atoms with Crippen molar-refractivity contribution >= 4 is 28.8 Å². The third-order valence-corrected chi connectivity index (χ3v) is 6.81. The molecule has 0 aliphatic carbocycles. The summed E-state index contributed by atoms with van der Waals surface area (Å²) >= 11 is 0. The standard InChI is InChI=1S/C32H36N2O4/c1-8-38-26-17-14-22(19-25(26)32(3,4)5)29(35)27-28(21-12-15-23(16-13-21)33(6)7)34(31(37)30(27)36)24-11-9-10-20(2)18-24/h9-19,28,35H,8H2,1-7H3/b29-27-. The van der Waals surface area contributed by atoms with Crippen LogP contribution in [-0.4, -0.2) is 37.5 Å². The summed E-state index contributed by atoms with van der Waals surface area (Å²) < 4.78 is 5.84. The van der Waals surface area contributed by atoms with Gasteiger partial charge < -0.3 is 14.7 Å². The molecule has 0 aromatic heterocycles. The minimum atomic E-state index is -0.780. The van der Waals surface area contributed by atoms with E-state index in [0.29, 0.717) is 17.9 Å². The lowest BCUT2D eigenvalue weighted by Gasteiger charge is -2.27. The zero-order valence-electron chi connectivity index (χ0n) is 23.2. The van der Waals surface area contributed by atoms with Gasteiger partial charge in [-0.3, -0.25) is 14.5 Å². The molecule has 1 amide bonds. The third-order valence-electron chi connectivity index (χ3n) is 6.81. The molecule has 3 aromatic carbocycles. The number of aliphatic hydroxyl groups excluding tert-OH is 1. The number of hydrogen-bond acceptors (Lipinski definition) is 5. The van der Waals surface area contributed by atoms with E-state index in [2.05, 4.69) is 20.8 Å². The van der Waals surface area contributed by atoms with Crippen molar-refractivity contribution < 1.29 is 19.4 Å². The number of aryl methyl sites for hydroxylation is 1. The Morgan fingerprint density at radius 2 is 1.68 bits per heavy atom. The molecule has 1 aliphatic rings. The summed E-state index contributed by atoms with van der Waals surface area (Å²) in [6, 6.07) is 19.8. The van der Waals surface area contributed by atoms with Crippen LogP contribution < -0.4 is 14.5 Å². The average Bonchev–Trinajstić information content (AvgIpc) is 3.13. The molecular weight excluding hydrogens is 476 g/mol. The van der Waals surface area contributed by atoms with Crippen molar-refractivity contribution in [2.75, 3.05) is 30.5 Å². The Labute approximate surface area is 225 Å². The molecule has 1 atom stereocenters. The van der Waals surface area contributed by atoms with Crippen molar-refractivity contribution in [2.45, 2.75) is 46.1 Å². The fourth-order valence-corrected chi connectivity index (χ4v) is 4.85. The number of ketones is 1. The van der Waals surface area contributed by atoms with Crippen LogP contribution in [0.25, 0.3) is 5.76 Å². The monoisotopic (exact) mass is 512 g/mol. The topological polar surface area (TPSA) is 70.1 Å². The summed E-state index contributed by atoms with van der Waals surface area (Å²) in [4.78, 5) is 30.5. The zero-order valence-corrected chi connectivity index (χ0v) is 23.2. The maximum absolute atomic E-state index is 13.6. The summed E-state index contributed by atoms with van der Waals surface area (Å²) in [7, 11) is 3.90. The molecule has 1 N–H and O–H groups in total. The fourth-order valence-electron chi connectivity index (χ4n) is 4.85. The average molecular weight is 513 g/mol. The van der Waals surface area contributed by atoms with E-state index in [1.54, 1.807) is 6.07 Å². The number of rotatable bonds is 6. The molecule has 6 nitrogen and oxygen atoms in total. The highest BCUT2D eigenvalue weighted by Crippen LogP contribution is 2.43. The molecule has 1 aliphatic heterocycles. The van der Waals surface area contributed by atoms with Gasteiger partial charge >= 0.3 is 0 Å². The van der Waals surface area contributed by atoms with Crippen molar-refractivity contribution in [2.24, 2.45) is 0 Å². The molecule has 0 saturated carbocycles. The molecule has 0 radical (unpaired) electrons. The Balaban J connectivity index is 1.94. The second-order valence-electron chi connectivity index (χ2n) is 10.9. The first-order valence-corrected chi connectivity index (χ1v) is 12.9. The lowest BCUT2D eigenvalue weighted by Crippen LogP contribution is -2.29. The van der Waals surface area contributed by atoms with Crippen LogP contribution in [0.3, 0.4) is 0 Å². The zero-order chi connectivity index (χ0) is 27.8. The summed E-state index contributed by atoms with van der Waals surface area (Å²) in [5.74, 6) is -0.848. The van der Waals surface area contributed by atoms with Gasteiger partial charge in [-0.05, 0) is 72.9 Å². The number of Topliss-reactive ketones (excluding diaryl/α,β-unsaturated/α-hetero) is 1. The van der Waals surface area contributed by atoms with Crippen molar-refractivity contribution in [1.29, 1.82) is 0 Å². The number of nitrogens with zero attached hydrogens (tertiary/aromatic N) is 2. The molecule has 0 bridgehead atoms. The minimum Gasteiger partial charge on any atom is -0.507 e. The van der Waals surface area contributed by atoms with Crippen molar-refractivity contribution in [3.63, 3.8) is 0 Å². The number of benzene rings is 3. The number of amides is 1. The Hall–Kier alpha value is -4.06. The second-order valence-corrected chi connectivity index (χ2v) is 10.9. The third kappa shape index (κ3) is 5.03. The van der Waals surface area contributed by atoms with Crippen LogP contribution in [0, 0.1) is 6.92 Å². The Bertz CT molecular complexity index is 1400. The molecule has 1 saturated heterocycles. The van der Waals surface area contributed by atoms with Gasteiger partial charge in [-0.2, -0.15) is 0 Å². The van der Waals surface area contributed by atoms with Gasteiger partial charge in [0.25, 0.3) is 11.7 Å². The molecule has 0 spiro atoms. The summed E-state index contributed by atoms with van der Waals surface area (Å²) in [6.07, 6.45) is 0. The van der Waals surface area contributed by atoms with Crippen molar-refractivity contribution in [3.05, 3.63) is 94.6 Å². The first-order valence-electron chi connectivity index (χ1n) is 12.9. The smallest absolute Gasteiger partial charge is 0.300 e. The quantitative estimate of drug-likeness (QED) is 0.236. The summed E-state index contributed by atoms with van der Waals surface area (Å²) in [5.41, 5.74) is 4.47. The van der Waals surface area contributed by atoms with Crippen LogP contribution in [0.1, 0.15) is 56.0 Å². The normalized spacial score (nSPS) is 17.1. The van der Waals surface area contributed by atoms with Crippen LogP contribution in [0.2, 0.25) is 0 Å². The van der Waals surface area contributed by atoms with Crippen LogP contribution >= 0.6 is 0 Å². The van der Waals surface area contributed by atoms with Gasteiger partial charge in [0.15, 0.2) is 0 Å². The molecule has 38 heavy (non-hydrogen) atoms. The first-order chi connectivity index (χ1) is 17.9. The summed E-state index contributed by atoms with van der Waals surface area (Å²) in [6.45, 7) is 10.6. The highest BCUT2D eigenvalue weighted by Gasteiger charge is 2.47. The van der Waals surface area contributed by atoms with Crippen molar-refractivity contribution in [1.82, 2.24) is 0 Å². The highest BCUT2D eigenvalue weighted by atomic mass is 16.5. The molecule has 1 unspecified atom stereocenters. The van der Waals surface area contributed by atoms with Crippen LogP contribution in [0.15, 0.2) is 72.3 Å². The Kier molecular flexibility index (Phi) is 7.36. The van der Waals surface area contributed by atoms with E-state index in [4.69, 9.17) is 4.74 Å². The lowest BCUT2D eigenvalue weighted by atomic mass is 9.84. The highest BCUT2D eigenvalue weighted by molar-refractivity contribution is 6.51. The predicted octanol–water partition coefficient (Wildman–Crippen LogP) is 6.38. The number of carbonyl (C=O) groups excluding carboxylic acids is 2. The van der Waals surface area contributed by atoms with Crippen molar-refractivity contribution in [3.8, 4) is 5.75 Å². The molecule has 1 heterocycles. The van der Waals surface area contributed by atoms with Gasteiger partial charge in [0.05, 0.1) is 18.2 Å². The van der Waals surface area contributed by atoms with Gasteiger partial charge in [-0.15, -0.1) is 0 Å². The van der Waals surface area contributed by atoms with E-state index < -0.39 is 17.7 Å². The lowest BCUT2D eigenvalue weighted by molar-refractivity contribution is -0.132. The molecule has 4 rings (SSSR count). The molecule has 198 valence electrons. The number of carbonyl (C=O) groups is 2. The van der Waals surface area contributed by atoms with Crippen LogP contribution in [0.5, 0.6) is 5.75 Å². The van der Waals surface area contributed by atoms with E-state index in [0.717, 1.165) is 28.1 Å². The van der Waals surface area contributed by atoms with E-state index in [1.807, 2.05) is 93.5 Å². The van der Waals surface area contributed by atoms with E-state index in [-0.39, 0.29) is 16.7 Å². The number of ether oxygens (including phenoxy) is 1. The SMILES string of the molecule is CCOc1ccc(/C(O)=C2/C(=O)C(=O)N(c3cccc(C)c3)C2c2ccc(N(C)C)cc2)cc1C(C)(C)C. The van der Waals surface area contributed by atoms with E-state index in [9.17, 15) is 14.7 Å². The Morgan fingerprint density at radius 3 is 2.26 bits per heavy atom.